The van der Waals surface area contributed by atoms with Crippen LogP contribution in [-0.2, 0) is 15.3 Å². The number of H-pyrrole nitrogens is 1. The number of nitrogens with two attached hydrogens (primary N) is 1. The molecule has 0 bridgehead atoms. The number of unbranched alkanes of at least 4 members (excludes halogenated alkanes) is 3. The summed E-state index contributed by atoms with van der Waals surface area (Å²) in [6, 6.07) is 8.01. The van der Waals surface area contributed by atoms with Gasteiger partial charge in [-0.2, -0.15) is 0 Å². The number of allylic oxidation sites excluding steroid dienone is 6. The molecule has 0 radical (unpaired) electrons. The number of ether oxygens (including phenoxy) is 1. The molecule has 2 aliphatic heterocycles. The fourth-order valence-corrected chi connectivity index (χ4v) is 8.10. The topological polar surface area (TPSA) is 75.8 Å². The molecule has 7 rings (SSSR count). The molecule has 71 heavy (non-hydrogen) atoms. The molecule has 0 unspecified atom stereocenters. The van der Waals surface area contributed by atoms with Crippen molar-refractivity contribution in [3.05, 3.63) is 211 Å². The van der Waals surface area contributed by atoms with Gasteiger partial charge in [0.25, 0.3) is 0 Å². The average molecular weight is 1110 g/mol. The van der Waals surface area contributed by atoms with E-state index in [1.165, 1.54) is 12.2 Å². The van der Waals surface area contributed by atoms with Crippen LogP contribution in [0.15, 0.2) is 100 Å². The minimum absolute atomic E-state index is 0.0136. The van der Waals surface area contributed by atoms with E-state index in [1.54, 1.807) is 24.3 Å². The molecule has 3 heterocycles. The maximum atomic E-state index is 15.9. The Morgan fingerprint density at radius 1 is 0.535 bits per heavy atom. The van der Waals surface area contributed by atoms with E-state index in [-0.39, 0.29) is 17.0 Å². The normalized spacial score (nSPS) is 15.1. The van der Waals surface area contributed by atoms with Crippen molar-refractivity contribution in [1.29, 1.82) is 0 Å². The summed E-state index contributed by atoms with van der Waals surface area (Å²) in [7, 11) is 0. The van der Waals surface area contributed by atoms with Gasteiger partial charge in [-0.1, -0.05) is 47.5 Å². The molecule has 5 aromatic rings. The third kappa shape index (κ3) is 9.75. The second kappa shape index (κ2) is 21.4. The Hall–Kier alpha value is -6.65. The second-order valence-corrected chi connectivity index (χ2v) is 16.4. The summed E-state index contributed by atoms with van der Waals surface area (Å²) in [6.45, 7) is 4.08. The van der Waals surface area contributed by atoms with Gasteiger partial charge < -0.3 is 10.5 Å². The molecule has 0 aliphatic carbocycles. The molecule has 0 saturated carbocycles. The summed E-state index contributed by atoms with van der Waals surface area (Å²) in [5.74, 6) is -36.6. The molecule has 2 aliphatic rings. The molecule has 5 nitrogen and oxygen atoms in total. The summed E-state index contributed by atoms with van der Waals surface area (Å²) >= 11 is 7.30. The molecule has 0 atom stereocenters. The third-order valence-electron chi connectivity index (χ3n) is 10.8. The number of hydrogen-bond acceptors (Lipinski definition) is 4. The number of aromatic nitrogens is 1. The predicted molar refractivity (Wildman–Crippen MR) is 234 cm³/mol. The van der Waals surface area contributed by atoms with Gasteiger partial charge >= 0.3 is 267 Å². The van der Waals surface area contributed by atoms with Gasteiger partial charge in [-0.05, 0) is 36.6 Å². The van der Waals surface area contributed by atoms with Crippen molar-refractivity contribution in [2.45, 2.75) is 25.7 Å². The fraction of sp³-hybridized carbons (Fsp3) is 0.122. The first-order valence-corrected chi connectivity index (χ1v) is 22.1. The first-order valence-electron chi connectivity index (χ1n) is 20.4. The number of halogens is 16. The van der Waals surface area contributed by atoms with Gasteiger partial charge in [0.1, 0.15) is 5.75 Å². The Bertz CT molecular complexity index is 3210. The second-order valence-electron chi connectivity index (χ2n) is 15.1. The van der Waals surface area contributed by atoms with Crippen molar-refractivity contribution in [2.75, 3.05) is 11.9 Å². The van der Waals surface area contributed by atoms with Crippen molar-refractivity contribution in [3.8, 4) is 5.75 Å². The van der Waals surface area contributed by atoms with Gasteiger partial charge in [-0.15, -0.1) is 0 Å². The van der Waals surface area contributed by atoms with E-state index in [1.807, 2.05) is 0 Å². The number of benzene rings is 4. The van der Waals surface area contributed by atoms with Gasteiger partial charge in [0, 0.05) is 16.6 Å². The predicted octanol–water partition coefficient (Wildman–Crippen LogP) is 13.3. The van der Waals surface area contributed by atoms with Crippen molar-refractivity contribution in [1.82, 2.24) is 4.98 Å². The third-order valence-corrected chi connectivity index (χ3v) is 11.9. The first kappa shape index (κ1) is 52.2. The minimum Gasteiger partial charge on any atom is -0.494 e. The van der Waals surface area contributed by atoms with Crippen LogP contribution < -0.4 is 10.5 Å². The number of nitrogens with one attached hydrogen (secondary N) is 1. The van der Waals surface area contributed by atoms with Crippen molar-refractivity contribution in [2.24, 2.45) is 15.7 Å². The molecule has 0 amide bonds. The van der Waals surface area contributed by atoms with Crippen LogP contribution in [0.3, 0.4) is 0 Å². The minimum atomic E-state index is -2.63. The van der Waals surface area contributed by atoms with Gasteiger partial charge in [0.05, 0.1) is 6.61 Å². The number of hydrogen-bond donors (Lipinski definition) is 2. The number of aliphatic imine (C=N–C) groups is 2. The van der Waals surface area contributed by atoms with Crippen LogP contribution in [-0.4, -0.2) is 32.8 Å². The van der Waals surface area contributed by atoms with E-state index in [9.17, 15) is 39.5 Å². The zero-order valence-electron chi connectivity index (χ0n) is 35.6. The van der Waals surface area contributed by atoms with Crippen LogP contribution in [0.2, 0.25) is 0 Å². The maximum absolute atomic E-state index is 15.9. The molecule has 3 N–H and O–H groups in total. The van der Waals surface area contributed by atoms with Gasteiger partial charge in [-0.25, -0.2) is 13.2 Å². The van der Waals surface area contributed by atoms with E-state index in [0.29, 0.717) is 17.9 Å². The summed E-state index contributed by atoms with van der Waals surface area (Å²) in [6.07, 6.45) is 8.71. The summed E-state index contributed by atoms with van der Waals surface area (Å²) in [4.78, 5) is 10.7. The number of nitrogens with zero attached hydrogens (tertiary/aromatic N) is 2. The van der Waals surface area contributed by atoms with Crippen LogP contribution in [0, 0.1) is 87.3 Å². The van der Waals surface area contributed by atoms with Crippen LogP contribution in [0.4, 0.5) is 65.9 Å². The van der Waals surface area contributed by atoms with Crippen molar-refractivity contribution < 1.29 is 85.9 Å². The van der Waals surface area contributed by atoms with E-state index in [2.05, 4.69) is 52.8 Å². The first-order chi connectivity index (χ1) is 33.7. The Morgan fingerprint density at radius 2 is 0.930 bits per heavy atom. The Labute approximate surface area is 408 Å². The van der Waals surface area contributed by atoms with Crippen molar-refractivity contribution >= 4 is 48.5 Å². The van der Waals surface area contributed by atoms with Gasteiger partial charge in [-0.3, -0.25) is 0 Å². The smallest absolute Gasteiger partial charge is 0.494 e. The molecule has 4 aromatic carbocycles. The van der Waals surface area contributed by atoms with E-state index in [0.717, 1.165) is 61.4 Å². The van der Waals surface area contributed by atoms with Crippen molar-refractivity contribution in [3.63, 3.8) is 0 Å². The Kier molecular flexibility index (Phi) is 15.7. The van der Waals surface area contributed by atoms with E-state index < -0.39 is 148 Å². The molecular weight excluding hydrogens is 1080 g/mol. The van der Waals surface area contributed by atoms with E-state index >= 15 is 26.3 Å². The number of rotatable bonds is 16. The monoisotopic (exact) mass is 1110 g/mol. The molecule has 1 aromatic heterocycles. The molecule has 22 heteroatoms. The molecule has 371 valence electrons. The molecule has 0 spiro atoms. The standard InChI is InChI=1S/C49H28BrF15N4O.Co/c1-2-24(66)30(20-7-10-22(11-8-20)70-18-6-4-3-5-17-50)25-13-14-28(68-25)32(34-39(55)45(61)49(65)46(62)40(34)56)29-16-15-27(69-29)31(33-37(53)43(59)48(64)44(60)38(33)54)26-12-9-21(67-26)19-23-35(51)41(57)47(63)42(58)36(23)52;/h2,7-16,69H,1,3-6,17-18,66H2;/b30-24-,31-26+,32-28+;. The summed E-state index contributed by atoms with van der Waals surface area (Å²) in [5.41, 5.74) is -4.06. The molecule has 0 saturated heterocycles. The summed E-state index contributed by atoms with van der Waals surface area (Å²) in [5, 5.41) is 0.876. The SMILES string of the molecule is C=C/C(N)=C(C1=N/C(=C(\c2ccc(/C(=C3/C=CC([C](=[Co])c4c(F)c(F)c(F)c(F)c4F)=N3)c3c(F)c(F)c(F)c(F)c3F)[nH]2)c2c(F)c(F)c(F)c(F)c2F)C=C1)\c1ccc(OCCCCCCBr)cc1. The van der Waals surface area contributed by atoms with Crippen LogP contribution >= 0.6 is 15.9 Å². The zero-order valence-corrected chi connectivity index (χ0v) is 38.2. The zero-order chi connectivity index (χ0) is 51.7. The molecular formula is C49H28BrCoF15N4O. The average Bonchev–Trinajstić information content (AvgIpc) is 4.17. The number of alkyl halides is 1. The van der Waals surface area contributed by atoms with E-state index in [4.69, 9.17) is 10.5 Å². The van der Waals surface area contributed by atoms with Crippen LogP contribution in [0.25, 0.3) is 16.7 Å². The number of aromatic amines is 1. The Morgan fingerprint density at radius 3 is 1.37 bits per heavy atom. The molecule has 0 fully saturated rings. The van der Waals surface area contributed by atoms with Crippen LogP contribution in [0.1, 0.15) is 59.3 Å². The fourth-order valence-electron chi connectivity index (χ4n) is 7.33. The van der Waals surface area contributed by atoms with Crippen LogP contribution in [0.5, 0.6) is 5.75 Å². The van der Waals surface area contributed by atoms with Gasteiger partial charge in [0.2, 0.25) is 5.82 Å². The summed E-state index contributed by atoms with van der Waals surface area (Å²) < 4.78 is 229. The Balaban J connectivity index is 1.42. The van der Waals surface area contributed by atoms with Gasteiger partial charge in [0.15, 0.2) is 0 Å². The quantitative estimate of drug-likeness (QED) is 0.0258.